The van der Waals surface area contributed by atoms with Crippen LogP contribution in [0.4, 0.5) is 5.82 Å². The maximum Gasteiger partial charge on any atom is 0.148 e. The number of rotatable bonds is 4. The van der Waals surface area contributed by atoms with Crippen LogP contribution in [0, 0.1) is 0 Å². The molecule has 0 saturated carbocycles. The maximum absolute atomic E-state index is 5.51. The molecular formula is C11H15N5. The molecule has 2 aromatic heterocycles. The number of aromatic amines is 1. The van der Waals surface area contributed by atoms with E-state index in [0.29, 0.717) is 6.54 Å². The molecule has 0 aliphatic rings. The number of H-pyrrole nitrogens is 1. The van der Waals surface area contributed by atoms with E-state index < -0.39 is 0 Å². The van der Waals surface area contributed by atoms with E-state index in [-0.39, 0.29) is 6.04 Å². The van der Waals surface area contributed by atoms with Crippen LogP contribution in [0.2, 0.25) is 0 Å². The summed E-state index contributed by atoms with van der Waals surface area (Å²) in [5.41, 5.74) is 7.40. The molecule has 2 aromatic rings. The second-order valence-corrected chi connectivity index (χ2v) is 3.68. The van der Waals surface area contributed by atoms with E-state index in [2.05, 4.69) is 20.5 Å². The van der Waals surface area contributed by atoms with Crippen molar-refractivity contribution in [3.8, 4) is 11.3 Å². The Morgan fingerprint density at radius 3 is 2.81 bits per heavy atom. The standard InChI is InChI=1S/C11H15N5/c1-8(6-12)14-11-3-2-10(15-16-11)9-4-5-13-7-9/h2-5,7-8,13H,6,12H2,1H3,(H,14,16). The molecule has 0 aliphatic carbocycles. The predicted octanol–water partition coefficient (Wildman–Crippen LogP) is 1.23. The third-order valence-corrected chi connectivity index (χ3v) is 2.31. The molecule has 4 N–H and O–H groups in total. The molecule has 5 heteroatoms. The van der Waals surface area contributed by atoms with Crippen LogP contribution in [-0.2, 0) is 0 Å². The minimum Gasteiger partial charge on any atom is -0.367 e. The average molecular weight is 217 g/mol. The minimum atomic E-state index is 0.201. The topological polar surface area (TPSA) is 79.6 Å². The second-order valence-electron chi connectivity index (χ2n) is 3.68. The van der Waals surface area contributed by atoms with Crippen molar-refractivity contribution in [1.29, 1.82) is 0 Å². The van der Waals surface area contributed by atoms with Crippen LogP contribution in [0.25, 0.3) is 11.3 Å². The van der Waals surface area contributed by atoms with Crippen molar-refractivity contribution < 1.29 is 0 Å². The molecule has 0 radical (unpaired) electrons. The Morgan fingerprint density at radius 2 is 2.25 bits per heavy atom. The molecule has 84 valence electrons. The smallest absolute Gasteiger partial charge is 0.148 e. The molecule has 0 spiro atoms. The fourth-order valence-corrected chi connectivity index (χ4v) is 1.36. The number of nitrogens with zero attached hydrogens (tertiary/aromatic N) is 2. The summed E-state index contributed by atoms with van der Waals surface area (Å²) in [5.74, 6) is 0.747. The maximum atomic E-state index is 5.51. The Bertz CT molecular complexity index is 420. The molecule has 0 aliphatic heterocycles. The Morgan fingerprint density at radius 1 is 1.38 bits per heavy atom. The van der Waals surface area contributed by atoms with Crippen LogP contribution in [-0.4, -0.2) is 27.8 Å². The molecule has 2 rings (SSSR count). The summed E-state index contributed by atoms with van der Waals surface area (Å²) in [4.78, 5) is 2.98. The number of nitrogens with one attached hydrogen (secondary N) is 2. The quantitative estimate of drug-likeness (QED) is 0.719. The van der Waals surface area contributed by atoms with Gasteiger partial charge in [0, 0.05) is 30.5 Å². The van der Waals surface area contributed by atoms with E-state index in [1.165, 1.54) is 0 Å². The lowest BCUT2D eigenvalue weighted by Gasteiger charge is -2.10. The van der Waals surface area contributed by atoms with Gasteiger partial charge in [0.05, 0.1) is 5.69 Å². The normalized spacial score (nSPS) is 12.4. The molecule has 0 fully saturated rings. The molecule has 0 amide bonds. The van der Waals surface area contributed by atoms with Gasteiger partial charge in [0.2, 0.25) is 0 Å². The van der Waals surface area contributed by atoms with E-state index in [0.717, 1.165) is 17.1 Å². The lowest BCUT2D eigenvalue weighted by molar-refractivity contribution is 0.792. The number of aromatic nitrogens is 3. The monoisotopic (exact) mass is 217 g/mol. The fourth-order valence-electron chi connectivity index (χ4n) is 1.36. The highest BCUT2D eigenvalue weighted by Crippen LogP contribution is 2.15. The Labute approximate surface area is 94.1 Å². The van der Waals surface area contributed by atoms with Crippen molar-refractivity contribution in [1.82, 2.24) is 15.2 Å². The number of hydrogen-bond donors (Lipinski definition) is 3. The van der Waals surface area contributed by atoms with Crippen LogP contribution < -0.4 is 11.1 Å². The predicted molar refractivity (Wildman–Crippen MR) is 64.0 cm³/mol. The van der Waals surface area contributed by atoms with Crippen LogP contribution in [0.3, 0.4) is 0 Å². The molecular weight excluding hydrogens is 202 g/mol. The molecule has 0 bridgehead atoms. The first-order valence-corrected chi connectivity index (χ1v) is 5.23. The first-order valence-electron chi connectivity index (χ1n) is 5.23. The van der Waals surface area contributed by atoms with Crippen molar-refractivity contribution in [2.45, 2.75) is 13.0 Å². The lowest BCUT2D eigenvalue weighted by atomic mass is 10.2. The summed E-state index contributed by atoms with van der Waals surface area (Å²) in [5, 5.41) is 11.4. The molecule has 2 heterocycles. The van der Waals surface area contributed by atoms with Gasteiger partial charge in [-0.2, -0.15) is 0 Å². The zero-order valence-electron chi connectivity index (χ0n) is 9.14. The van der Waals surface area contributed by atoms with Crippen molar-refractivity contribution in [3.05, 3.63) is 30.6 Å². The zero-order valence-corrected chi connectivity index (χ0v) is 9.14. The van der Waals surface area contributed by atoms with Gasteiger partial charge < -0.3 is 16.0 Å². The molecule has 16 heavy (non-hydrogen) atoms. The first kappa shape index (κ1) is 10.6. The van der Waals surface area contributed by atoms with Gasteiger partial charge in [0.25, 0.3) is 0 Å². The average Bonchev–Trinajstić information content (AvgIpc) is 2.83. The van der Waals surface area contributed by atoms with Crippen LogP contribution >= 0.6 is 0 Å². The first-order chi connectivity index (χ1) is 7.79. The summed E-state index contributed by atoms with van der Waals surface area (Å²) in [7, 11) is 0. The SMILES string of the molecule is CC(CN)Nc1ccc(-c2cc[nH]c2)nn1. The largest absolute Gasteiger partial charge is 0.367 e. The van der Waals surface area contributed by atoms with E-state index >= 15 is 0 Å². The third kappa shape index (κ3) is 2.38. The second kappa shape index (κ2) is 4.76. The highest BCUT2D eigenvalue weighted by molar-refractivity contribution is 5.58. The van der Waals surface area contributed by atoms with Crippen molar-refractivity contribution in [2.75, 3.05) is 11.9 Å². The minimum absolute atomic E-state index is 0.201. The van der Waals surface area contributed by atoms with E-state index in [9.17, 15) is 0 Å². The summed E-state index contributed by atoms with van der Waals surface area (Å²) < 4.78 is 0. The van der Waals surface area contributed by atoms with Gasteiger partial charge in [-0.25, -0.2) is 0 Å². The summed E-state index contributed by atoms with van der Waals surface area (Å²) in [6.45, 7) is 2.57. The number of anilines is 1. The third-order valence-electron chi connectivity index (χ3n) is 2.31. The van der Waals surface area contributed by atoms with E-state index in [1.54, 1.807) is 0 Å². The highest BCUT2D eigenvalue weighted by Gasteiger charge is 2.03. The Balaban J connectivity index is 2.11. The van der Waals surface area contributed by atoms with Crippen LogP contribution in [0.15, 0.2) is 30.6 Å². The van der Waals surface area contributed by atoms with Crippen molar-refractivity contribution >= 4 is 5.82 Å². The number of nitrogens with two attached hydrogens (primary N) is 1. The zero-order chi connectivity index (χ0) is 11.4. The van der Waals surface area contributed by atoms with Gasteiger partial charge in [-0.1, -0.05) is 0 Å². The summed E-state index contributed by atoms with van der Waals surface area (Å²) in [6, 6.07) is 6.00. The van der Waals surface area contributed by atoms with Gasteiger partial charge >= 0.3 is 0 Å². The lowest BCUT2D eigenvalue weighted by Crippen LogP contribution is -2.25. The Kier molecular flexibility index (Phi) is 3.16. The fraction of sp³-hybridized carbons (Fsp3) is 0.273. The van der Waals surface area contributed by atoms with Crippen LogP contribution in [0.5, 0.6) is 0 Å². The molecule has 1 atom stereocenters. The number of hydrogen-bond acceptors (Lipinski definition) is 4. The molecule has 5 nitrogen and oxygen atoms in total. The van der Waals surface area contributed by atoms with Crippen LogP contribution in [0.1, 0.15) is 6.92 Å². The van der Waals surface area contributed by atoms with Gasteiger partial charge in [0.1, 0.15) is 5.82 Å². The van der Waals surface area contributed by atoms with Gasteiger partial charge in [-0.15, -0.1) is 10.2 Å². The molecule has 0 aromatic carbocycles. The molecule has 1 unspecified atom stereocenters. The van der Waals surface area contributed by atoms with Gasteiger partial charge in [-0.3, -0.25) is 0 Å². The summed E-state index contributed by atoms with van der Waals surface area (Å²) >= 11 is 0. The molecule has 0 saturated heterocycles. The van der Waals surface area contributed by atoms with Gasteiger partial charge in [0.15, 0.2) is 0 Å². The van der Waals surface area contributed by atoms with Crippen molar-refractivity contribution in [3.63, 3.8) is 0 Å². The summed E-state index contributed by atoms with van der Waals surface area (Å²) in [6.07, 6.45) is 3.75. The van der Waals surface area contributed by atoms with E-state index in [1.807, 2.05) is 37.5 Å². The van der Waals surface area contributed by atoms with Crippen molar-refractivity contribution in [2.24, 2.45) is 5.73 Å². The Hall–Kier alpha value is -1.88. The highest BCUT2D eigenvalue weighted by atomic mass is 15.2. The van der Waals surface area contributed by atoms with E-state index in [4.69, 9.17) is 5.73 Å². The van der Waals surface area contributed by atoms with Gasteiger partial charge in [-0.05, 0) is 25.1 Å².